The number of benzene rings is 2. The Morgan fingerprint density at radius 3 is 2.08 bits per heavy atom. The van der Waals surface area contributed by atoms with E-state index in [9.17, 15) is 0 Å². The number of hydrogen-bond acceptors (Lipinski definition) is 4. The van der Waals surface area contributed by atoms with Crippen LogP contribution < -0.4 is 5.32 Å². The van der Waals surface area contributed by atoms with Crippen LogP contribution in [0.15, 0.2) is 63.8 Å². The molecule has 0 amide bonds. The molecule has 126 valence electrons. The SMILES string of the molecule is C1=NC(c2ccc(-c3ccc(C4CC45CCNCC5)cc3)cc2)N=N1. The van der Waals surface area contributed by atoms with Gasteiger partial charge in [-0.2, -0.15) is 5.11 Å². The van der Waals surface area contributed by atoms with E-state index < -0.39 is 0 Å². The average Bonchev–Trinajstić information content (AvgIpc) is 3.10. The highest BCUT2D eigenvalue weighted by Gasteiger charge is 2.54. The van der Waals surface area contributed by atoms with Gasteiger partial charge in [0.2, 0.25) is 0 Å². The van der Waals surface area contributed by atoms with Gasteiger partial charge in [0.25, 0.3) is 0 Å². The molecule has 2 heterocycles. The number of nitrogens with zero attached hydrogens (tertiary/aromatic N) is 3. The molecular weight excluding hydrogens is 308 g/mol. The summed E-state index contributed by atoms with van der Waals surface area (Å²) in [4.78, 5) is 4.22. The van der Waals surface area contributed by atoms with Crippen molar-refractivity contribution in [2.45, 2.75) is 31.3 Å². The van der Waals surface area contributed by atoms with Gasteiger partial charge in [0, 0.05) is 5.56 Å². The van der Waals surface area contributed by atoms with E-state index in [2.05, 4.69) is 69.1 Å². The Kier molecular flexibility index (Phi) is 3.52. The van der Waals surface area contributed by atoms with Crippen LogP contribution in [0.2, 0.25) is 0 Å². The summed E-state index contributed by atoms with van der Waals surface area (Å²) in [6.07, 6.45) is 5.40. The van der Waals surface area contributed by atoms with E-state index in [1.807, 2.05) is 0 Å². The minimum Gasteiger partial charge on any atom is -0.317 e. The predicted molar refractivity (Wildman–Crippen MR) is 99.9 cm³/mol. The molecule has 2 aromatic rings. The van der Waals surface area contributed by atoms with Gasteiger partial charge >= 0.3 is 0 Å². The molecular formula is C21H22N4. The van der Waals surface area contributed by atoms with Crippen LogP contribution in [0.5, 0.6) is 0 Å². The molecule has 2 atom stereocenters. The van der Waals surface area contributed by atoms with Crippen molar-refractivity contribution < 1.29 is 0 Å². The van der Waals surface area contributed by atoms with E-state index in [1.165, 1.54) is 55.4 Å². The zero-order chi connectivity index (χ0) is 16.7. The van der Waals surface area contributed by atoms with Gasteiger partial charge in [-0.25, -0.2) is 4.99 Å². The lowest BCUT2D eigenvalue weighted by Gasteiger charge is -2.23. The summed E-state index contributed by atoms with van der Waals surface area (Å²) in [7, 11) is 0. The second kappa shape index (κ2) is 5.88. The largest absolute Gasteiger partial charge is 0.317 e. The number of nitrogens with one attached hydrogen (secondary N) is 1. The smallest absolute Gasteiger partial charge is 0.187 e. The number of hydrogen-bond donors (Lipinski definition) is 1. The molecule has 2 aliphatic heterocycles. The van der Waals surface area contributed by atoms with E-state index in [0.29, 0.717) is 5.41 Å². The van der Waals surface area contributed by atoms with Crippen molar-refractivity contribution in [3.05, 3.63) is 59.7 Å². The van der Waals surface area contributed by atoms with Gasteiger partial charge in [-0.15, -0.1) is 5.11 Å². The van der Waals surface area contributed by atoms with E-state index in [0.717, 1.165) is 11.5 Å². The summed E-state index contributed by atoms with van der Waals surface area (Å²) in [6.45, 7) is 2.37. The molecule has 1 aliphatic carbocycles. The highest BCUT2D eigenvalue weighted by Crippen LogP contribution is 2.64. The first-order valence-electron chi connectivity index (χ1n) is 9.17. The minimum atomic E-state index is -0.160. The van der Waals surface area contributed by atoms with E-state index in [-0.39, 0.29) is 6.17 Å². The first-order valence-corrected chi connectivity index (χ1v) is 9.17. The lowest BCUT2D eigenvalue weighted by atomic mass is 9.89. The predicted octanol–water partition coefficient (Wildman–Crippen LogP) is 4.70. The third kappa shape index (κ3) is 2.71. The van der Waals surface area contributed by atoms with Gasteiger partial charge in [-0.1, -0.05) is 48.5 Å². The Hall–Kier alpha value is -2.33. The van der Waals surface area contributed by atoms with E-state index >= 15 is 0 Å². The topological polar surface area (TPSA) is 49.1 Å². The van der Waals surface area contributed by atoms with Crippen LogP contribution in [-0.2, 0) is 0 Å². The molecule has 4 nitrogen and oxygen atoms in total. The summed E-state index contributed by atoms with van der Waals surface area (Å²) in [5, 5.41) is 11.4. The van der Waals surface area contributed by atoms with Gasteiger partial charge in [-0.05, 0) is 60.4 Å². The highest BCUT2D eigenvalue weighted by molar-refractivity contribution is 5.64. The molecule has 0 radical (unpaired) electrons. The number of piperidine rings is 1. The first kappa shape index (κ1) is 15.0. The van der Waals surface area contributed by atoms with Gasteiger partial charge in [-0.3, -0.25) is 0 Å². The van der Waals surface area contributed by atoms with Gasteiger partial charge in [0.05, 0.1) is 0 Å². The van der Waals surface area contributed by atoms with Crippen molar-refractivity contribution in [3.63, 3.8) is 0 Å². The van der Waals surface area contributed by atoms with Crippen LogP contribution in [0, 0.1) is 5.41 Å². The standard InChI is InChI=1S/C21H22N4/c1-5-17(19-13-21(19)9-11-22-12-10-21)6-2-15(1)16-3-7-18(8-4-16)20-23-14-24-25-20/h1-8,14,19-20,22H,9-13H2. The van der Waals surface area contributed by atoms with Crippen LogP contribution in [0.3, 0.4) is 0 Å². The Morgan fingerprint density at radius 2 is 1.48 bits per heavy atom. The third-order valence-electron chi connectivity index (χ3n) is 6.08. The lowest BCUT2D eigenvalue weighted by molar-refractivity contribution is 0.342. The van der Waals surface area contributed by atoms with Crippen molar-refractivity contribution in [1.82, 2.24) is 5.32 Å². The Balaban J connectivity index is 1.32. The Labute approximate surface area is 148 Å². The molecule has 2 aromatic carbocycles. The average molecular weight is 330 g/mol. The van der Waals surface area contributed by atoms with Crippen LogP contribution in [0.1, 0.15) is 42.5 Å². The highest BCUT2D eigenvalue weighted by atomic mass is 15.3. The molecule has 2 unspecified atom stereocenters. The molecule has 25 heavy (non-hydrogen) atoms. The van der Waals surface area contributed by atoms with E-state index in [4.69, 9.17) is 0 Å². The zero-order valence-corrected chi connectivity index (χ0v) is 14.2. The van der Waals surface area contributed by atoms with Gasteiger partial charge in [0.1, 0.15) is 6.34 Å². The summed E-state index contributed by atoms with van der Waals surface area (Å²) >= 11 is 0. The summed E-state index contributed by atoms with van der Waals surface area (Å²) in [5.74, 6) is 0.775. The van der Waals surface area contributed by atoms with Crippen molar-refractivity contribution >= 4 is 6.34 Å². The molecule has 4 heteroatoms. The van der Waals surface area contributed by atoms with Crippen LogP contribution >= 0.6 is 0 Å². The number of azo groups is 1. The number of rotatable bonds is 3. The Bertz CT molecular complexity index is 802. The molecule has 1 spiro atoms. The molecule has 2 fully saturated rings. The van der Waals surface area contributed by atoms with Crippen molar-refractivity contribution in [2.75, 3.05) is 13.1 Å². The molecule has 1 saturated carbocycles. The van der Waals surface area contributed by atoms with Gasteiger partial charge in [0.15, 0.2) is 6.17 Å². The van der Waals surface area contributed by atoms with Crippen LogP contribution in [0.25, 0.3) is 11.1 Å². The lowest BCUT2D eigenvalue weighted by Crippen LogP contribution is -2.29. The van der Waals surface area contributed by atoms with Crippen molar-refractivity contribution in [3.8, 4) is 11.1 Å². The fourth-order valence-corrected chi connectivity index (χ4v) is 4.42. The maximum Gasteiger partial charge on any atom is 0.187 e. The van der Waals surface area contributed by atoms with E-state index in [1.54, 1.807) is 0 Å². The molecule has 0 aromatic heterocycles. The molecule has 0 bridgehead atoms. The normalized spacial score (nSPS) is 26.2. The van der Waals surface area contributed by atoms with Crippen molar-refractivity contribution in [2.24, 2.45) is 20.6 Å². The summed E-state index contributed by atoms with van der Waals surface area (Å²) in [5.41, 5.74) is 5.71. The van der Waals surface area contributed by atoms with Gasteiger partial charge < -0.3 is 5.32 Å². The molecule has 1 N–H and O–H groups in total. The molecule has 3 aliphatic rings. The van der Waals surface area contributed by atoms with Crippen LogP contribution in [-0.4, -0.2) is 19.4 Å². The molecule has 5 rings (SSSR count). The fourth-order valence-electron chi connectivity index (χ4n) is 4.42. The minimum absolute atomic E-state index is 0.160. The summed E-state index contributed by atoms with van der Waals surface area (Å²) in [6, 6.07) is 17.7. The molecule has 1 saturated heterocycles. The Morgan fingerprint density at radius 1 is 0.840 bits per heavy atom. The maximum atomic E-state index is 4.22. The quantitative estimate of drug-likeness (QED) is 0.871. The van der Waals surface area contributed by atoms with Crippen molar-refractivity contribution in [1.29, 1.82) is 0 Å². The van der Waals surface area contributed by atoms with Crippen LogP contribution in [0.4, 0.5) is 0 Å². The third-order valence-corrected chi connectivity index (χ3v) is 6.08. The maximum absolute atomic E-state index is 4.22. The first-order chi connectivity index (χ1) is 12.3. The summed E-state index contributed by atoms with van der Waals surface area (Å²) < 4.78 is 0. The second-order valence-electron chi connectivity index (χ2n) is 7.48. The monoisotopic (exact) mass is 330 g/mol. The zero-order valence-electron chi connectivity index (χ0n) is 14.2. The number of aliphatic imine (C=N–C) groups is 1. The second-order valence-corrected chi connectivity index (χ2v) is 7.48. The fraction of sp³-hybridized carbons (Fsp3) is 0.381.